The molecule has 1 atom stereocenters. The van der Waals surface area contributed by atoms with E-state index in [4.69, 9.17) is 5.11 Å². The molecule has 1 saturated carbocycles. The average molecular weight is 295 g/mol. The molecule has 90 valence electrons. The highest BCUT2D eigenvalue weighted by atomic mass is 79.9. The minimum atomic E-state index is -0.651. The number of carboxylic acids is 1. The minimum absolute atomic E-state index is 0.201. The summed E-state index contributed by atoms with van der Waals surface area (Å²) in [5.74, 6) is -0.310. The molecule has 0 amide bonds. The topological polar surface area (TPSA) is 37.3 Å². The van der Waals surface area contributed by atoms with Crippen LogP contribution in [0.4, 0.5) is 0 Å². The molecule has 1 fully saturated rings. The highest BCUT2D eigenvalue weighted by Gasteiger charge is 2.53. The summed E-state index contributed by atoms with van der Waals surface area (Å²) >= 11 is 3.51. The predicted molar refractivity (Wildman–Crippen MR) is 69.1 cm³/mol. The molecule has 0 radical (unpaired) electrons. The number of halogens is 1. The molecule has 1 aromatic rings. The lowest BCUT2D eigenvalue weighted by Gasteiger charge is -2.33. The summed E-state index contributed by atoms with van der Waals surface area (Å²) < 4.78 is 1.13. The van der Waals surface area contributed by atoms with E-state index in [1.165, 1.54) is 24.0 Å². The number of carboxylic acid groups (broad SMARTS) is 1. The van der Waals surface area contributed by atoms with Gasteiger partial charge in [0, 0.05) is 10.9 Å². The third-order valence-corrected chi connectivity index (χ3v) is 4.85. The van der Waals surface area contributed by atoms with Crippen molar-refractivity contribution in [2.75, 3.05) is 0 Å². The van der Waals surface area contributed by atoms with Crippen molar-refractivity contribution in [3.63, 3.8) is 0 Å². The smallest absolute Gasteiger partial charge is 0.303 e. The Kier molecular flexibility index (Phi) is 2.54. The molecule has 3 rings (SSSR count). The van der Waals surface area contributed by atoms with Crippen molar-refractivity contribution in [2.24, 2.45) is 5.92 Å². The van der Waals surface area contributed by atoms with Crippen molar-refractivity contribution in [2.45, 2.75) is 37.5 Å². The van der Waals surface area contributed by atoms with Crippen LogP contribution in [0, 0.1) is 5.92 Å². The maximum atomic E-state index is 10.9. The number of fused-ring (bicyclic) bond motifs is 2. The number of hydrogen-bond donors (Lipinski definition) is 1. The molecule has 1 unspecified atom stereocenters. The van der Waals surface area contributed by atoms with Gasteiger partial charge in [0.25, 0.3) is 0 Å². The Morgan fingerprint density at radius 3 is 2.88 bits per heavy atom. The second kappa shape index (κ2) is 3.84. The fourth-order valence-corrected chi connectivity index (χ4v) is 3.81. The van der Waals surface area contributed by atoms with Crippen LogP contribution in [-0.4, -0.2) is 11.1 Å². The zero-order valence-electron chi connectivity index (χ0n) is 9.58. The first-order valence-corrected chi connectivity index (χ1v) is 6.92. The lowest BCUT2D eigenvalue weighted by Crippen LogP contribution is -2.29. The average Bonchev–Trinajstić information content (AvgIpc) is 3.03. The van der Waals surface area contributed by atoms with Crippen LogP contribution in [0.15, 0.2) is 22.7 Å². The summed E-state index contributed by atoms with van der Waals surface area (Å²) in [4.78, 5) is 10.9. The molecule has 1 spiro atoms. The summed E-state index contributed by atoms with van der Waals surface area (Å²) in [5.41, 5.74) is 3.03. The van der Waals surface area contributed by atoms with E-state index in [1.807, 2.05) is 0 Å². The monoisotopic (exact) mass is 294 g/mol. The first kappa shape index (κ1) is 11.3. The molecule has 0 saturated heterocycles. The highest BCUT2D eigenvalue weighted by Crippen LogP contribution is 2.59. The van der Waals surface area contributed by atoms with Crippen molar-refractivity contribution in [3.8, 4) is 0 Å². The quantitative estimate of drug-likeness (QED) is 0.906. The number of rotatable bonds is 2. The fourth-order valence-electron chi connectivity index (χ4n) is 3.40. The predicted octanol–water partition coefficient (Wildman–Crippen LogP) is 3.52. The first-order valence-electron chi connectivity index (χ1n) is 6.12. The molecule has 0 bridgehead atoms. The van der Waals surface area contributed by atoms with Crippen LogP contribution in [0.1, 0.15) is 36.8 Å². The second-order valence-corrected chi connectivity index (χ2v) is 6.21. The Morgan fingerprint density at radius 1 is 1.47 bits per heavy atom. The van der Waals surface area contributed by atoms with Gasteiger partial charge in [-0.15, -0.1) is 0 Å². The molecular formula is C14H15BrO2. The van der Waals surface area contributed by atoms with Crippen LogP contribution in [0.3, 0.4) is 0 Å². The Bertz CT molecular complexity index is 477. The zero-order valence-corrected chi connectivity index (χ0v) is 11.2. The molecule has 1 N–H and O–H groups in total. The van der Waals surface area contributed by atoms with Crippen LogP contribution in [0.5, 0.6) is 0 Å². The fraction of sp³-hybridized carbons (Fsp3) is 0.500. The summed E-state index contributed by atoms with van der Waals surface area (Å²) in [7, 11) is 0. The van der Waals surface area contributed by atoms with Gasteiger partial charge in [0.1, 0.15) is 0 Å². The van der Waals surface area contributed by atoms with Crippen LogP contribution < -0.4 is 0 Å². The number of aliphatic carboxylic acids is 1. The number of carbonyl (C=O) groups is 1. The van der Waals surface area contributed by atoms with Gasteiger partial charge in [0.15, 0.2) is 0 Å². The third kappa shape index (κ3) is 1.81. The van der Waals surface area contributed by atoms with Gasteiger partial charge in [0.2, 0.25) is 0 Å². The summed E-state index contributed by atoms with van der Waals surface area (Å²) in [6.07, 6.45) is 4.71. The molecule has 3 heteroatoms. The van der Waals surface area contributed by atoms with E-state index in [0.29, 0.717) is 12.3 Å². The lowest BCUT2D eigenvalue weighted by molar-refractivity contribution is -0.138. The summed E-state index contributed by atoms with van der Waals surface area (Å²) in [6.45, 7) is 0. The molecule has 2 aliphatic rings. The van der Waals surface area contributed by atoms with Crippen LogP contribution in [-0.2, 0) is 16.6 Å². The third-order valence-electron chi connectivity index (χ3n) is 4.36. The maximum Gasteiger partial charge on any atom is 0.303 e. The Balaban J connectivity index is 1.98. The van der Waals surface area contributed by atoms with Gasteiger partial charge in [-0.05, 0) is 60.3 Å². The molecule has 0 aliphatic heterocycles. The van der Waals surface area contributed by atoms with Crippen LogP contribution in [0.2, 0.25) is 0 Å². The van der Waals surface area contributed by atoms with Crippen molar-refractivity contribution >= 4 is 21.9 Å². The van der Waals surface area contributed by atoms with E-state index in [2.05, 4.69) is 34.1 Å². The molecule has 0 heterocycles. The van der Waals surface area contributed by atoms with Gasteiger partial charge in [0.05, 0.1) is 0 Å². The lowest BCUT2D eigenvalue weighted by atomic mass is 9.71. The van der Waals surface area contributed by atoms with Gasteiger partial charge < -0.3 is 5.11 Å². The standard InChI is InChI=1S/C14H15BrO2/c15-11-3-4-12-9(7-11)1-2-10(8-13(16)17)14(12)5-6-14/h3-4,7,10H,1-2,5-6,8H2,(H,16,17). The van der Waals surface area contributed by atoms with E-state index in [0.717, 1.165) is 17.3 Å². The molecule has 17 heavy (non-hydrogen) atoms. The van der Waals surface area contributed by atoms with Gasteiger partial charge in [-0.3, -0.25) is 4.79 Å². The number of benzene rings is 1. The molecule has 1 aromatic carbocycles. The van der Waals surface area contributed by atoms with Crippen molar-refractivity contribution in [1.82, 2.24) is 0 Å². The summed E-state index contributed by atoms with van der Waals surface area (Å²) in [6, 6.07) is 6.48. The normalized spacial score (nSPS) is 24.4. The minimum Gasteiger partial charge on any atom is -0.481 e. The molecule has 2 nitrogen and oxygen atoms in total. The zero-order chi connectivity index (χ0) is 12.0. The first-order chi connectivity index (χ1) is 8.12. The molecule has 0 aromatic heterocycles. The van der Waals surface area contributed by atoms with Crippen LogP contribution >= 0.6 is 15.9 Å². The van der Waals surface area contributed by atoms with E-state index in [-0.39, 0.29) is 5.41 Å². The van der Waals surface area contributed by atoms with Crippen molar-refractivity contribution in [1.29, 1.82) is 0 Å². The van der Waals surface area contributed by atoms with Crippen molar-refractivity contribution in [3.05, 3.63) is 33.8 Å². The van der Waals surface area contributed by atoms with Gasteiger partial charge in [-0.25, -0.2) is 0 Å². The van der Waals surface area contributed by atoms with Crippen LogP contribution in [0.25, 0.3) is 0 Å². The number of aryl methyl sites for hydroxylation is 1. The van der Waals surface area contributed by atoms with E-state index < -0.39 is 5.97 Å². The molecular weight excluding hydrogens is 280 g/mol. The van der Waals surface area contributed by atoms with Gasteiger partial charge in [-0.1, -0.05) is 22.0 Å². The highest BCUT2D eigenvalue weighted by molar-refractivity contribution is 9.10. The van der Waals surface area contributed by atoms with Gasteiger partial charge >= 0.3 is 5.97 Å². The number of hydrogen-bond acceptors (Lipinski definition) is 1. The van der Waals surface area contributed by atoms with Crippen molar-refractivity contribution < 1.29 is 9.90 Å². The van der Waals surface area contributed by atoms with E-state index in [1.54, 1.807) is 0 Å². The summed E-state index contributed by atoms with van der Waals surface area (Å²) in [5, 5.41) is 9.01. The Hall–Kier alpha value is -0.830. The maximum absolute atomic E-state index is 10.9. The second-order valence-electron chi connectivity index (χ2n) is 5.29. The van der Waals surface area contributed by atoms with E-state index in [9.17, 15) is 4.79 Å². The van der Waals surface area contributed by atoms with Gasteiger partial charge in [-0.2, -0.15) is 0 Å². The largest absolute Gasteiger partial charge is 0.481 e. The van der Waals surface area contributed by atoms with E-state index >= 15 is 0 Å². The Labute approximate surface area is 109 Å². The SMILES string of the molecule is O=C(O)CC1CCc2cc(Br)ccc2C12CC2. The Morgan fingerprint density at radius 2 is 2.24 bits per heavy atom. The molecule has 2 aliphatic carbocycles.